The van der Waals surface area contributed by atoms with E-state index in [2.05, 4.69) is 15.5 Å². The molecular formula is C9H11N3O. The molecule has 0 fully saturated rings. The molecule has 68 valence electrons. The molecule has 0 aromatic carbocycles. The van der Waals surface area contributed by atoms with Gasteiger partial charge in [-0.1, -0.05) is 6.07 Å². The molecule has 1 N–H and O–H groups in total. The number of aromatic nitrogens is 1. The molecule has 0 atom stereocenters. The minimum absolute atomic E-state index is 0.191. The van der Waals surface area contributed by atoms with Crippen molar-refractivity contribution in [3.05, 3.63) is 29.6 Å². The van der Waals surface area contributed by atoms with Crippen LogP contribution in [-0.4, -0.2) is 17.1 Å². The maximum Gasteiger partial charge on any atom is 0.236 e. The quantitative estimate of drug-likeness (QED) is 0.538. The lowest BCUT2D eigenvalue weighted by Crippen LogP contribution is -2.12. The molecule has 1 heterocycles. The van der Waals surface area contributed by atoms with Crippen LogP contribution in [0.2, 0.25) is 0 Å². The molecule has 1 aromatic heterocycles. The standard InChI is InChI=1S/C9H11N3O/c1-7-4-3-5-9(11-7)6-10-12-8(2)13/h3-6H,1-2H3,(H,12,13). The van der Waals surface area contributed by atoms with Gasteiger partial charge in [-0.2, -0.15) is 5.10 Å². The second-order valence-corrected chi connectivity index (χ2v) is 2.63. The van der Waals surface area contributed by atoms with Crippen LogP contribution in [0, 0.1) is 6.92 Å². The smallest absolute Gasteiger partial charge is 0.236 e. The zero-order valence-electron chi connectivity index (χ0n) is 7.61. The van der Waals surface area contributed by atoms with Gasteiger partial charge in [0.2, 0.25) is 5.91 Å². The summed E-state index contributed by atoms with van der Waals surface area (Å²) in [4.78, 5) is 14.6. The van der Waals surface area contributed by atoms with E-state index in [1.54, 1.807) is 0 Å². The van der Waals surface area contributed by atoms with Crippen molar-refractivity contribution in [3.63, 3.8) is 0 Å². The zero-order chi connectivity index (χ0) is 9.68. The van der Waals surface area contributed by atoms with Crippen molar-refractivity contribution in [2.24, 2.45) is 5.10 Å². The first-order valence-corrected chi connectivity index (χ1v) is 3.92. The Morgan fingerprint density at radius 2 is 2.38 bits per heavy atom. The van der Waals surface area contributed by atoms with Gasteiger partial charge in [-0.15, -0.1) is 0 Å². The lowest BCUT2D eigenvalue weighted by Gasteiger charge is -1.94. The minimum atomic E-state index is -0.191. The summed E-state index contributed by atoms with van der Waals surface area (Å²) in [5.41, 5.74) is 3.96. The lowest BCUT2D eigenvalue weighted by molar-refractivity contribution is -0.118. The number of hydrogen-bond acceptors (Lipinski definition) is 3. The third kappa shape index (κ3) is 3.46. The van der Waals surface area contributed by atoms with Crippen LogP contribution in [0.5, 0.6) is 0 Å². The van der Waals surface area contributed by atoms with Crippen LogP contribution in [0.4, 0.5) is 0 Å². The molecule has 4 nitrogen and oxygen atoms in total. The van der Waals surface area contributed by atoms with Crippen LogP contribution in [0.1, 0.15) is 18.3 Å². The van der Waals surface area contributed by atoms with E-state index >= 15 is 0 Å². The van der Waals surface area contributed by atoms with Gasteiger partial charge in [0.25, 0.3) is 0 Å². The normalized spacial score (nSPS) is 10.3. The Hall–Kier alpha value is -1.71. The zero-order valence-corrected chi connectivity index (χ0v) is 7.61. The van der Waals surface area contributed by atoms with Gasteiger partial charge >= 0.3 is 0 Å². The number of rotatable bonds is 2. The van der Waals surface area contributed by atoms with Crippen molar-refractivity contribution < 1.29 is 4.79 Å². The Labute approximate surface area is 76.7 Å². The number of nitrogens with one attached hydrogen (secondary N) is 1. The monoisotopic (exact) mass is 177 g/mol. The summed E-state index contributed by atoms with van der Waals surface area (Å²) in [5.74, 6) is -0.191. The molecule has 0 aliphatic carbocycles. The largest absolute Gasteiger partial charge is 0.274 e. The predicted molar refractivity (Wildman–Crippen MR) is 50.4 cm³/mol. The van der Waals surface area contributed by atoms with Crippen LogP contribution >= 0.6 is 0 Å². The number of hydrogen-bond donors (Lipinski definition) is 1. The van der Waals surface area contributed by atoms with Crippen molar-refractivity contribution in [2.75, 3.05) is 0 Å². The highest BCUT2D eigenvalue weighted by Crippen LogP contribution is 1.94. The summed E-state index contributed by atoms with van der Waals surface area (Å²) in [6, 6.07) is 5.60. The average molecular weight is 177 g/mol. The molecule has 0 aliphatic heterocycles. The fourth-order valence-electron chi connectivity index (χ4n) is 0.825. The third-order valence-corrected chi connectivity index (χ3v) is 1.33. The van der Waals surface area contributed by atoms with E-state index in [0.717, 1.165) is 11.4 Å². The summed E-state index contributed by atoms with van der Waals surface area (Å²) in [5, 5.41) is 3.70. The molecule has 0 aliphatic rings. The van der Waals surface area contributed by atoms with Gasteiger partial charge < -0.3 is 0 Å². The number of hydrazone groups is 1. The molecular weight excluding hydrogens is 166 g/mol. The fourth-order valence-corrected chi connectivity index (χ4v) is 0.825. The summed E-state index contributed by atoms with van der Waals surface area (Å²) >= 11 is 0. The summed E-state index contributed by atoms with van der Waals surface area (Å²) in [7, 11) is 0. The summed E-state index contributed by atoms with van der Waals surface area (Å²) in [6.45, 7) is 3.30. The Kier molecular flexibility index (Phi) is 3.14. The summed E-state index contributed by atoms with van der Waals surface area (Å²) in [6.07, 6.45) is 1.51. The van der Waals surface area contributed by atoms with Crippen LogP contribution in [0.15, 0.2) is 23.3 Å². The van der Waals surface area contributed by atoms with Crippen molar-refractivity contribution in [1.82, 2.24) is 10.4 Å². The highest BCUT2D eigenvalue weighted by molar-refractivity contribution is 5.79. The van der Waals surface area contributed by atoms with E-state index in [4.69, 9.17) is 0 Å². The predicted octanol–water partition coefficient (Wildman–Crippen LogP) is 0.860. The Balaban J connectivity index is 2.63. The highest BCUT2D eigenvalue weighted by atomic mass is 16.2. The number of carbonyl (C=O) groups is 1. The van der Waals surface area contributed by atoms with Gasteiger partial charge in [0.15, 0.2) is 0 Å². The third-order valence-electron chi connectivity index (χ3n) is 1.33. The van der Waals surface area contributed by atoms with Crippen molar-refractivity contribution in [3.8, 4) is 0 Å². The lowest BCUT2D eigenvalue weighted by atomic mass is 10.3. The Bertz CT molecular complexity index is 333. The topological polar surface area (TPSA) is 54.4 Å². The second kappa shape index (κ2) is 4.35. The van der Waals surface area contributed by atoms with E-state index in [9.17, 15) is 4.79 Å². The fraction of sp³-hybridized carbons (Fsp3) is 0.222. The van der Waals surface area contributed by atoms with Gasteiger partial charge in [0, 0.05) is 12.6 Å². The van der Waals surface area contributed by atoms with Gasteiger partial charge in [-0.05, 0) is 19.1 Å². The molecule has 0 bridgehead atoms. The molecule has 0 saturated carbocycles. The first kappa shape index (κ1) is 9.38. The van der Waals surface area contributed by atoms with Gasteiger partial charge in [-0.25, -0.2) is 5.43 Å². The molecule has 13 heavy (non-hydrogen) atoms. The SMILES string of the molecule is CC(=O)NN=Cc1cccc(C)n1. The average Bonchev–Trinajstić information content (AvgIpc) is 2.03. The minimum Gasteiger partial charge on any atom is -0.274 e. The van der Waals surface area contributed by atoms with Crippen LogP contribution < -0.4 is 5.43 Å². The maximum atomic E-state index is 10.5. The molecule has 1 aromatic rings. The van der Waals surface area contributed by atoms with Gasteiger partial charge in [0.05, 0.1) is 11.9 Å². The van der Waals surface area contributed by atoms with E-state index in [1.165, 1.54) is 13.1 Å². The first-order chi connectivity index (χ1) is 6.18. The molecule has 0 unspecified atom stereocenters. The number of carbonyl (C=O) groups excluding carboxylic acids is 1. The van der Waals surface area contributed by atoms with E-state index in [0.29, 0.717) is 0 Å². The van der Waals surface area contributed by atoms with Crippen LogP contribution in [0.3, 0.4) is 0 Å². The van der Waals surface area contributed by atoms with E-state index < -0.39 is 0 Å². The molecule has 0 radical (unpaired) electrons. The molecule has 1 rings (SSSR count). The Morgan fingerprint density at radius 3 is 3.00 bits per heavy atom. The second-order valence-electron chi connectivity index (χ2n) is 2.63. The Morgan fingerprint density at radius 1 is 1.62 bits per heavy atom. The number of amides is 1. The van der Waals surface area contributed by atoms with Crippen LogP contribution in [0.25, 0.3) is 0 Å². The number of pyridine rings is 1. The highest BCUT2D eigenvalue weighted by Gasteiger charge is 1.89. The van der Waals surface area contributed by atoms with Crippen molar-refractivity contribution in [1.29, 1.82) is 0 Å². The van der Waals surface area contributed by atoms with Crippen LogP contribution in [-0.2, 0) is 4.79 Å². The summed E-state index contributed by atoms with van der Waals surface area (Å²) < 4.78 is 0. The van der Waals surface area contributed by atoms with E-state index in [-0.39, 0.29) is 5.91 Å². The molecule has 4 heteroatoms. The van der Waals surface area contributed by atoms with Crippen molar-refractivity contribution in [2.45, 2.75) is 13.8 Å². The molecule has 0 spiro atoms. The van der Waals surface area contributed by atoms with Gasteiger partial charge in [0.1, 0.15) is 0 Å². The van der Waals surface area contributed by atoms with E-state index in [1.807, 2.05) is 25.1 Å². The number of aryl methyl sites for hydroxylation is 1. The van der Waals surface area contributed by atoms with Crippen molar-refractivity contribution >= 4 is 12.1 Å². The first-order valence-electron chi connectivity index (χ1n) is 3.92. The number of nitrogens with zero attached hydrogens (tertiary/aromatic N) is 2. The molecule has 1 amide bonds. The van der Waals surface area contributed by atoms with Gasteiger partial charge in [-0.3, -0.25) is 9.78 Å². The molecule has 0 saturated heterocycles. The maximum absolute atomic E-state index is 10.5.